The van der Waals surface area contributed by atoms with Crippen LogP contribution >= 0.6 is 0 Å². The van der Waals surface area contributed by atoms with Crippen LogP contribution in [0.4, 0.5) is 14.5 Å². The number of rotatable bonds is 6. The standard InChI is InChI=1S/C18H20F2N4O3S/c1-5-15-21-22-18(27-15)16-10(3)17(11(4)24(16)6-2)28(25,26)23-12-7-8-13(19)14(20)9-12/h7-9,23H,5-6H2,1-4H3. The Morgan fingerprint density at radius 2 is 1.86 bits per heavy atom. The van der Waals surface area contributed by atoms with Crippen molar-refractivity contribution < 1.29 is 21.6 Å². The first-order valence-electron chi connectivity index (χ1n) is 8.69. The highest BCUT2D eigenvalue weighted by Crippen LogP contribution is 2.34. The van der Waals surface area contributed by atoms with Crippen molar-refractivity contribution in [2.45, 2.75) is 45.6 Å². The van der Waals surface area contributed by atoms with E-state index in [4.69, 9.17) is 4.42 Å². The molecule has 0 unspecified atom stereocenters. The Labute approximate surface area is 161 Å². The zero-order valence-electron chi connectivity index (χ0n) is 15.9. The van der Waals surface area contributed by atoms with Gasteiger partial charge in [-0.05, 0) is 32.9 Å². The maximum absolute atomic E-state index is 13.5. The molecule has 2 heterocycles. The van der Waals surface area contributed by atoms with Gasteiger partial charge in [0.2, 0.25) is 5.89 Å². The number of sulfonamides is 1. The van der Waals surface area contributed by atoms with Crippen LogP contribution in [-0.2, 0) is 23.0 Å². The lowest BCUT2D eigenvalue weighted by Gasteiger charge is -2.10. The Morgan fingerprint density at radius 3 is 2.43 bits per heavy atom. The molecule has 0 aliphatic carbocycles. The minimum Gasteiger partial charge on any atom is -0.419 e. The molecule has 0 bridgehead atoms. The number of aromatic nitrogens is 3. The molecule has 0 spiro atoms. The van der Waals surface area contributed by atoms with E-state index in [0.717, 1.165) is 18.2 Å². The highest BCUT2D eigenvalue weighted by Gasteiger charge is 2.29. The van der Waals surface area contributed by atoms with E-state index in [1.54, 1.807) is 18.4 Å². The van der Waals surface area contributed by atoms with E-state index >= 15 is 0 Å². The van der Waals surface area contributed by atoms with E-state index in [1.807, 2.05) is 13.8 Å². The molecule has 1 N–H and O–H groups in total. The van der Waals surface area contributed by atoms with Crippen molar-refractivity contribution in [3.63, 3.8) is 0 Å². The molecule has 0 aliphatic rings. The molecule has 0 atom stereocenters. The second-order valence-electron chi connectivity index (χ2n) is 6.22. The fourth-order valence-electron chi connectivity index (χ4n) is 3.20. The van der Waals surface area contributed by atoms with Crippen molar-refractivity contribution in [1.82, 2.24) is 14.8 Å². The van der Waals surface area contributed by atoms with E-state index in [1.165, 1.54) is 0 Å². The van der Waals surface area contributed by atoms with Crippen LogP contribution in [0, 0.1) is 25.5 Å². The topological polar surface area (TPSA) is 90.0 Å². The van der Waals surface area contributed by atoms with Crippen molar-refractivity contribution in [3.05, 3.63) is 47.0 Å². The third-order valence-electron chi connectivity index (χ3n) is 4.43. The zero-order valence-corrected chi connectivity index (χ0v) is 16.7. The van der Waals surface area contributed by atoms with E-state index in [2.05, 4.69) is 14.9 Å². The van der Waals surface area contributed by atoms with E-state index in [0.29, 0.717) is 35.8 Å². The maximum Gasteiger partial charge on any atom is 0.264 e. The first-order chi connectivity index (χ1) is 13.2. The largest absolute Gasteiger partial charge is 0.419 e. The van der Waals surface area contributed by atoms with Crippen molar-refractivity contribution >= 4 is 15.7 Å². The highest BCUT2D eigenvalue weighted by atomic mass is 32.2. The average Bonchev–Trinajstić information content (AvgIpc) is 3.19. The molecular formula is C18H20F2N4O3S. The molecule has 0 aliphatic heterocycles. The van der Waals surface area contributed by atoms with Crippen LogP contribution in [0.15, 0.2) is 27.5 Å². The van der Waals surface area contributed by atoms with Gasteiger partial charge in [0.1, 0.15) is 10.6 Å². The van der Waals surface area contributed by atoms with Crippen molar-refractivity contribution in [3.8, 4) is 11.6 Å². The quantitative estimate of drug-likeness (QED) is 0.667. The van der Waals surface area contributed by atoms with Gasteiger partial charge in [0, 0.05) is 30.3 Å². The van der Waals surface area contributed by atoms with Crippen LogP contribution in [-0.4, -0.2) is 23.2 Å². The second-order valence-corrected chi connectivity index (χ2v) is 7.84. The normalized spacial score (nSPS) is 11.8. The average molecular weight is 410 g/mol. The minimum absolute atomic E-state index is 0.0327. The summed E-state index contributed by atoms with van der Waals surface area (Å²) in [4.78, 5) is 0.0327. The summed E-state index contributed by atoms with van der Waals surface area (Å²) in [7, 11) is -4.07. The van der Waals surface area contributed by atoms with Crippen LogP contribution < -0.4 is 4.72 Å². The summed E-state index contributed by atoms with van der Waals surface area (Å²) in [5, 5.41) is 7.97. The first kappa shape index (κ1) is 20.0. The molecule has 0 saturated heterocycles. The van der Waals surface area contributed by atoms with Crippen molar-refractivity contribution in [1.29, 1.82) is 0 Å². The van der Waals surface area contributed by atoms with Gasteiger partial charge in [0.15, 0.2) is 11.6 Å². The molecule has 150 valence electrons. The van der Waals surface area contributed by atoms with Crippen LogP contribution in [0.2, 0.25) is 0 Å². The summed E-state index contributed by atoms with van der Waals surface area (Å²) >= 11 is 0. The number of nitrogens with zero attached hydrogens (tertiary/aromatic N) is 3. The summed E-state index contributed by atoms with van der Waals surface area (Å²) in [5.41, 5.74) is 1.34. The molecule has 0 fully saturated rings. The molecule has 0 saturated carbocycles. The van der Waals surface area contributed by atoms with Gasteiger partial charge in [-0.15, -0.1) is 10.2 Å². The molecule has 1 aromatic carbocycles. The molecule has 0 amide bonds. The monoisotopic (exact) mass is 410 g/mol. The summed E-state index contributed by atoms with van der Waals surface area (Å²) in [5.74, 6) is -1.52. The van der Waals surface area contributed by atoms with Gasteiger partial charge in [-0.1, -0.05) is 6.92 Å². The van der Waals surface area contributed by atoms with Crippen LogP contribution in [0.25, 0.3) is 11.6 Å². The Kier molecular flexibility index (Phi) is 5.24. The van der Waals surface area contributed by atoms with Gasteiger partial charge in [-0.3, -0.25) is 4.72 Å². The third kappa shape index (κ3) is 3.39. The number of nitrogens with one attached hydrogen (secondary N) is 1. The van der Waals surface area contributed by atoms with E-state index in [-0.39, 0.29) is 16.5 Å². The van der Waals surface area contributed by atoms with Gasteiger partial charge in [-0.2, -0.15) is 0 Å². The number of anilines is 1. The van der Waals surface area contributed by atoms with Crippen molar-refractivity contribution in [2.75, 3.05) is 4.72 Å². The number of hydrogen-bond acceptors (Lipinski definition) is 5. The predicted octanol–water partition coefficient (Wildman–Crippen LogP) is 3.82. The molecule has 28 heavy (non-hydrogen) atoms. The van der Waals surface area contributed by atoms with Gasteiger partial charge in [0.05, 0.1) is 5.69 Å². The Morgan fingerprint density at radius 1 is 1.14 bits per heavy atom. The summed E-state index contributed by atoms with van der Waals surface area (Å²) < 4.78 is 62.3. The second kappa shape index (κ2) is 7.34. The minimum atomic E-state index is -4.07. The Hall–Kier alpha value is -2.75. The maximum atomic E-state index is 13.5. The lowest BCUT2D eigenvalue weighted by molar-refractivity contribution is 0.507. The fourth-order valence-corrected chi connectivity index (χ4v) is 4.73. The van der Waals surface area contributed by atoms with Gasteiger partial charge < -0.3 is 8.98 Å². The third-order valence-corrected chi connectivity index (χ3v) is 6.07. The summed E-state index contributed by atoms with van der Waals surface area (Å²) in [6, 6.07) is 2.81. The molecule has 2 aromatic heterocycles. The van der Waals surface area contributed by atoms with Crippen LogP contribution in [0.5, 0.6) is 0 Å². The number of aryl methyl sites for hydroxylation is 1. The highest BCUT2D eigenvalue weighted by molar-refractivity contribution is 7.92. The lowest BCUT2D eigenvalue weighted by Crippen LogP contribution is -2.15. The summed E-state index contributed by atoms with van der Waals surface area (Å²) in [6.45, 7) is 7.52. The van der Waals surface area contributed by atoms with Crippen molar-refractivity contribution in [2.24, 2.45) is 0 Å². The van der Waals surface area contributed by atoms with Gasteiger partial charge in [0.25, 0.3) is 15.9 Å². The molecule has 0 radical (unpaired) electrons. The van der Waals surface area contributed by atoms with E-state index in [9.17, 15) is 17.2 Å². The lowest BCUT2D eigenvalue weighted by atomic mass is 10.2. The zero-order chi connectivity index (χ0) is 20.6. The SMILES string of the molecule is CCc1nnc(-c2c(C)c(S(=O)(=O)Nc3ccc(F)c(F)c3)c(C)n2CC)o1. The summed E-state index contributed by atoms with van der Waals surface area (Å²) in [6.07, 6.45) is 0.556. The Balaban J connectivity index is 2.11. The molecule has 10 heteroatoms. The van der Waals surface area contributed by atoms with Gasteiger partial charge >= 0.3 is 0 Å². The van der Waals surface area contributed by atoms with E-state index < -0.39 is 21.7 Å². The molecule has 3 rings (SSSR count). The van der Waals surface area contributed by atoms with Crippen LogP contribution in [0.1, 0.15) is 31.0 Å². The molecule has 3 aromatic rings. The smallest absolute Gasteiger partial charge is 0.264 e. The first-order valence-corrected chi connectivity index (χ1v) is 10.2. The Bertz CT molecular complexity index is 1140. The van der Waals surface area contributed by atoms with Crippen LogP contribution in [0.3, 0.4) is 0 Å². The fraction of sp³-hybridized carbons (Fsp3) is 0.333. The number of hydrogen-bond donors (Lipinski definition) is 1. The molecular weight excluding hydrogens is 390 g/mol. The predicted molar refractivity (Wildman–Crippen MR) is 99.4 cm³/mol. The number of halogens is 2. The molecule has 7 nitrogen and oxygen atoms in total. The van der Waals surface area contributed by atoms with Gasteiger partial charge in [-0.25, -0.2) is 17.2 Å². The number of benzene rings is 1.